The van der Waals surface area contributed by atoms with E-state index in [1.165, 1.54) is 5.57 Å². The molecule has 1 aliphatic carbocycles. The summed E-state index contributed by atoms with van der Waals surface area (Å²) in [6, 6.07) is 40.4. The Kier molecular flexibility index (Phi) is 6.90. The molecule has 0 fully saturated rings. The van der Waals surface area contributed by atoms with Crippen molar-refractivity contribution in [1.82, 2.24) is 19.9 Å². The van der Waals surface area contributed by atoms with Crippen LogP contribution in [0.1, 0.15) is 41.2 Å². The number of nitrogens with zero attached hydrogens (tertiary/aromatic N) is 2. The number of H-pyrrole nitrogens is 2. The summed E-state index contributed by atoms with van der Waals surface area (Å²) in [5.74, 6) is 0. The van der Waals surface area contributed by atoms with Gasteiger partial charge in [0.1, 0.15) is 0 Å². The molecule has 0 saturated carbocycles. The molecule has 4 nitrogen and oxygen atoms in total. The van der Waals surface area contributed by atoms with Gasteiger partial charge in [-0.05, 0) is 83.7 Å². The highest BCUT2D eigenvalue weighted by molar-refractivity contribution is 5.99. The number of hydrogen-bond acceptors (Lipinski definition) is 2. The molecule has 3 aliphatic rings. The topological polar surface area (TPSA) is 57.4 Å². The van der Waals surface area contributed by atoms with E-state index in [0.29, 0.717) is 0 Å². The summed E-state index contributed by atoms with van der Waals surface area (Å²) in [5.41, 5.74) is 16.7. The van der Waals surface area contributed by atoms with Crippen LogP contribution in [0.2, 0.25) is 0 Å². The number of aromatic amines is 2. The van der Waals surface area contributed by atoms with Gasteiger partial charge in [-0.3, -0.25) is 0 Å². The zero-order valence-corrected chi connectivity index (χ0v) is 26.3. The van der Waals surface area contributed by atoms with Gasteiger partial charge in [-0.2, -0.15) is 0 Å². The second kappa shape index (κ2) is 11.8. The number of allylic oxidation sites excluding steroid dienone is 4. The third-order valence-electron chi connectivity index (χ3n) is 9.28. The Balaban J connectivity index is 1.48. The average molecular weight is 617 g/mol. The van der Waals surface area contributed by atoms with Crippen LogP contribution in [-0.2, 0) is 0 Å². The van der Waals surface area contributed by atoms with Crippen molar-refractivity contribution in [3.05, 3.63) is 162 Å². The minimum Gasteiger partial charge on any atom is -0.354 e. The minimum atomic E-state index is 0.915. The first-order chi connectivity index (χ1) is 23.8. The number of aromatic nitrogens is 4. The second-order valence-corrected chi connectivity index (χ2v) is 12.3. The van der Waals surface area contributed by atoms with E-state index in [4.69, 9.17) is 9.97 Å². The highest BCUT2D eigenvalue weighted by Crippen LogP contribution is 2.38. The smallest absolute Gasteiger partial charge is 0.0737 e. The van der Waals surface area contributed by atoms with Crippen molar-refractivity contribution in [1.29, 1.82) is 0 Å². The normalized spacial score (nSPS) is 13.5. The van der Waals surface area contributed by atoms with E-state index in [9.17, 15) is 0 Å². The maximum absolute atomic E-state index is 5.38. The first-order valence-corrected chi connectivity index (χ1v) is 16.5. The molecule has 3 aromatic heterocycles. The molecule has 0 radical (unpaired) electrons. The van der Waals surface area contributed by atoms with E-state index in [1.807, 2.05) is 0 Å². The predicted molar refractivity (Wildman–Crippen MR) is 202 cm³/mol. The molecule has 4 heteroatoms. The lowest BCUT2D eigenvalue weighted by Gasteiger charge is -2.11. The quantitative estimate of drug-likeness (QED) is 0.207. The molecule has 0 spiro atoms. The van der Waals surface area contributed by atoms with Crippen LogP contribution in [0.5, 0.6) is 0 Å². The molecule has 0 atom stereocenters. The first kappa shape index (κ1) is 28.0. The van der Waals surface area contributed by atoms with Crippen molar-refractivity contribution in [2.45, 2.75) is 12.8 Å². The summed E-state index contributed by atoms with van der Waals surface area (Å²) in [5, 5.41) is 0. The monoisotopic (exact) mass is 616 g/mol. The van der Waals surface area contributed by atoms with Crippen molar-refractivity contribution in [2.24, 2.45) is 0 Å². The molecular formula is C44H32N4. The summed E-state index contributed by atoms with van der Waals surface area (Å²) < 4.78 is 0. The lowest BCUT2D eigenvalue weighted by molar-refractivity contribution is 1.05. The minimum absolute atomic E-state index is 0.915. The highest BCUT2D eigenvalue weighted by Gasteiger charge is 2.19. The lowest BCUT2D eigenvalue weighted by Crippen LogP contribution is -1.94. The van der Waals surface area contributed by atoms with Gasteiger partial charge in [0.2, 0.25) is 0 Å². The molecule has 0 amide bonds. The van der Waals surface area contributed by atoms with Gasteiger partial charge in [-0.1, -0.05) is 109 Å². The molecule has 5 heterocycles. The molecule has 9 rings (SSSR count). The molecule has 6 aromatic rings. The number of fused-ring (bicyclic) bond motifs is 8. The van der Waals surface area contributed by atoms with Gasteiger partial charge < -0.3 is 9.97 Å². The molecule has 48 heavy (non-hydrogen) atoms. The van der Waals surface area contributed by atoms with E-state index in [1.54, 1.807) is 0 Å². The summed E-state index contributed by atoms with van der Waals surface area (Å²) in [6.45, 7) is 0. The van der Waals surface area contributed by atoms with Crippen LogP contribution in [-0.4, -0.2) is 19.9 Å². The Morgan fingerprint density at radius 2 is 0.792 bits per heavy atom. The largest absolute Gasteiger partial charge is 0.354 e. The fourth-order valence-corrected chi connectivity index (χ4v) is 7.08. The van der Waals surface area contributed by atoms with Gasteiger partial charge in [0, 0.05) is 44.3 Å². The molecule has 228 valence electrons. The van der Waals surface area contributed by atoms with Crippen LogP contribution >= 0.6 is 0 Å². The van der Waals surface area contributed by atoms with Gasteiger partial charge in [-0.25, -0.2) is 9.97 Å². The van der Waals surface area contributed by atoms with Crippen molar-refractivity contribution in [3.8, 4) is 33.4 Å². The Morgan fingerprint density at radius 3 is 1.17 bits per heavy atom. The highest BCUT2D eigenvalue weighted by atomic mass is 14.8. The predicted octanol–water partition coefficient (Wildman–Crippen LogP) is 11.4. The van der Waals surface area contributed by atoms with Crippen LogP contribution < -0.4 is 0 Å². The number of benzene rings is 3. The van der Waals surface area contributed by atoms with Gasteiger partial charge in [-0.15, -0.1) is 0 Å². The van der Waals surface area contributed by atoms with E-state index >= 15 is 0 Å². The molecule has 2 N–H and O–H groups in total. The van der Waals surface area contributed by atoms with Gasteiger partial charge >= 0.3 is 0 Å². The summed E-state index contributed by atoms with van der Waals surface area (Å²) in [7, 11) is 0. The van der Waals surface area contributed by atoms with Crippen LogP contribution in [0.15, 0.2) is 133 Å². The van der Waals surface area contributed by atoms with Crippen molar-refractivity contribution < 1.29 is 0 Å². The number of nitrogens with one attached hydrogen (secondary N) is 2. The molecule has 8 bridgehead atoms. The first-order valence-electron chi connectivity index (χ1n) is 16.5. The molecular weight excluding hydrogens is 585 g/mol. The number of rotatable bonds is 4. The van der Waals surface area contributed by atoms with Gasteiger partial charge in [0.05, 0.1) is 22.8 Å². The molecule has 3 aromatic carbocycles. The van der Waals surface area contributed by atoms with Gasteiger partial charge in [0.15, 0.2) is 0 Å². The van der Waals surface area contributed by atoms with E-state index < -0.39 is 0 Å². The van der Waals surface area contributed by atoms with Gasteiger partial charge in [0.25, 0.3) is 0 Å². The third-order valence-corrected chi connectivity index (χ3v) is 9.28. The Labute approximate surface area is 279 Å². The third kappa shape index (κ3) is 4.95. The van der Waals surface area contributed by atoms with Crippen molar-refractivity contribution in [2.75, 3.05) is 0 Å². The zero-order valence-electron chi connectivity index (χ0n) is 26.3. The summed E-state index contributed by atoms with van der Waals surface area (Å²) in [4.78, 5) is 18.4. The van der Waals surface area contributed by atoms with Crippen molar-refractivity contribution in [3.63, 3.8) is 0 Å². The van der Waals surface area contributed by atoms with Crippen LogP contribution in [0.25, 0.3) is 85.3 Å². The van der Waals surface area contributed by atoms with E-state index in [2.05, 4.69) is 168 Å². The summed E-state index contributed by atoms with van der Waals surface area (Å²) >= 11 is 0. The molecule has 0 saturated heterocycles. The number of hydrogen-bond donors (Lipinski definition) is 2. The maximum Gasteiger partial charge on any atom is 0.0737 e. The standard InChI is InChI=1S/C44H32N4/c1-5-13-29(14-6-1)41-33-21-23-35(45-33)42(30-15-7-2-8-16-30)37-25-27-39(47-37)44(32-19-11-4-12-20-32)40-28-26-38(48-40)43(31-17-9-3-10-18-31)36-24-22-34(41)46-36/h1-11,13-19,21-28,45,48H,12,20H2. The fourth-order valence-electron chi connectivity index (χ4n) is 7.08. The molecule has 0 unspecified atom stereocenters. The summed E-state index contributed by atoms with van der Waals surface area (Å²) in [6.07, 6.45) is 17.2. The SMILES string of the molecule is C1=CCCC(c2c3nc(c(-c4ccccc4)c4ccc([nH]4)c(-c4ccccc4)c4nc(c(-c5ccccc5)c5ccc2[nH]5)C=C4)C=C3)=C1. The maximum atomic E-state index is 5.38. The van der Waals surface area contributed by atoms with Crippen LogP contribution in [0, 0.1) is 0 Å². The Hall–Kier alpha value is -6.26. The zero-order chi connectivity index (χ0) is 31.9. The van der Waals surface area contributed by atoms with E-state index in [-0.39, 0.29) is 0 Å². The van der Waals surface area contributed by atoms with Crippen LogP contribution in [0.3, 0.4) is 0 Å². The lowest BCUT2D eigenvalue weighted by atomic mass is 9.96. The average Bonchev–Trinajstić information content (AvgIpc) is 3.98. The van der Waals surface area contributed by atoms with E-state index in [0.717, 1.165) is 96.6 Å². The Bertz CT molecular complexity index is 2440. The van der Waals surface area contributed by atoms with Crippen molar-refractivity contribution >= 4 is 51.9 Å². The fraction of sp³-hybridized carbons (Fsp3) is 0.0455. The van der Waals surface area contributed by atoms with Crippen LogP contribution in [0.4, 0.5) is 0 Å². The Morgan fingerprint density at radius 1 is 0.417 bits per heavy atom. The molecule has 2 aliphatic heterocycles. The second-order valence-electron chi connectivity index (χ2n) is 12.3.